The van der Waals surface area contributed by atoms with Crippen molar-refractivity contribution in [1.82, 2.24) is 0 Å². The number of hydrogen-bond acceptors (Lipinski definition) is 2. The van der Waals surface area contributed by atoms with Crippen LogP contribution in [0.25, 0.3) is 0 Å². The van der Waals surface area contributed by atoms with Crippen molar-refractivity contribution in [2.45, 2.75) is 6.30 Å². The summed E-state index contributed by atoms with van der Waals surface area (Å²) in [5.74, 6) is -0.137. The first-order valence-electron chi connectivity index (χ1n) is 4.24. The first-order chi connectivity index (χ1) is 7.79. The third-order valence-electron chi connectivity index (χ3n) is 1.87. The first-order valence-corrected chi connectivity index (χ1v) is 6.18. The summed E-state index contributed by atoms with van der Waals surface area (Å²) in [6.07, 6.45) is -7.72. The molecule has 0 aliphatic carbocycles. The number of amides is 1. The van der Waals surface area contributed by atoms with E-state index in [1.54, 1.807) is 6.07 Å². The van der Waals surface area contributed by atoms with E-state index in [-0.39, 0.29) is 5.75 Å². The van der Waals surface area contributed by atoms with Crippen LogP contribution in [0.3, 0.4) is 0 Å². The van der Waals surface area contributed by atoms with Gasteiger partial charge in [0.2, 0.25) is 0 Å². The molecular formula is C9H6F4NO2Pb. The van der Waals surface area contributed by atoms with Gasteiger partial charge in [0, 0.05) is 0 Å². The van der Waals surface area contributed by atoms with E-state index in [0.717, 1.165) is 13.2 Å². The van der Waals surface area contributed by atoms with Gasteiger partial charge in [0.15, 0.2) is 0 Å². The van der Waals surface area contributed by atoms with E-state index in [2.05, 4.69) is 0 Å². The fourth-order valence-electron chi connectivity index (χ4n) is 1.25. The molecule has 1 aromatic rings. The molecule has 0 unspecified atom stereocenters. The van der Waals surface area contributed by atoms with Gasteiger partial charge in [-0.1, -0.05) is 0 Å². The van der Waals surface area contributed by atoms with Crippen molar-refractivity contribution in [3.63, 3.8) is 0 Å². The maximum absolute atomic E-state index is 12.5. The Balaban J connectivity index is 3.39. The van der Waals surface area contributed by atoms with Crippen LogP contribution in [-0.2, 0) is 0 Å². The molecule has 3 nitrogen and oxygen atoms in total. The predicted octanol–water partition coefficient (Wildman–Crippen LogP) is 1.90. The Bertz CT molecular complexity index is 435. The van der Waals surface area contributed by atoms with Gasteiger partial charge in [-0.25, -0.2) is 0 Å². The molecule has 0 aliphatic heterocycles. The van der Waals surface area contributed by atoms with Crippen LogP contribution in [0.1, 0.15) is 0 Å². The van der Waals surface area contributed by atoms with Crippen LogP contribution in [0.2, 0.25) is 0 Å². The molecule has 0 saturated carbocycles. The summed E-state index contributed by atoms with van der Waals surface area (Å²) >= 11 is 0.409. The molecule has 91 valence electrons. The zero-order valence-electron chi connectivity index (χ0n) is 8.51. The van der Waals surface area contributed by atoms with E-state index in [1.165, 1.54) is 6.07 Å². The summed E-state index contributed by atoms with van der Waals surface area (Å²) in [5, 5.41) is 0. The zero-order chi connectivity index (χ0) is 13.2. The van der Waals surface area contributed by atoms with Gasteiger partial charge in [-0.05, 0) is 0 Å². The van der Waals surface area contributed by atoms with Gasteiger partial charge in [-0.2, -0.15) is 0 Å². The number of para-hydroxylation sites is 1. The molecule has 0 fully saturated rings. The van der Waals surface area contributed by atoms with Crippen LogP contribution in [0, 0.1) is 0 Å². The fraction of sp³-hybridized carbons (Fsp3) is 0.222. The van der Waals surface area contributed by atoms with Gasteiger partial charge < -0.3 is 0 Å². The summed E-state index contributed by atoms with van der Waals surface area (Å²) in [6.45, 7) is 0. The number of hydrogen-bond donors (Lipinski definition) is 0. The Morgan fingerprint density at radius 2 is 2.00 bits per heavy atom. The number of benzene rings is 1. The molecule has 0 N–H and O–H groups in total. The van der Waals surface area contributed by atoms with Crippen molar-refractivity contribution in [2.75, 3.05) is 12.0 Å². The van der Waals surface area contributed by atoms with Crippen LogP contribution < -0.4 is 12.8 Å². The van der Waals surface area contributed by atoms with E-state index >= 15 is 0 Å². The maximum atomic E-state index is 12.5. The third kappa shape index (κ3) is 3.07. The second-order valence-corrected chi connectivity index (χ2v) is 5.01. The molecular weight excluding hydrogens is 437 g/mol. The van der Waals surface area contributed by atoms with Gasteiger partial charge in [0.05, 0.1) is 0 Å². The van der Waals surface area contributed by atoms with Gasteiger partial charge >= 0.3 is 110 Å². The van der Waals surface area contributed by atoms with Crippen molar-refractivity contribution < 1.29 is 27.1 Å². The summed E-state index contributed by atoms with van der Waals surface area (Å²) < 4.78 is 55.4. The standard InChI is InChI=1S/C9H6F4NO2.Pb/c1-16-7-5-3-2-4-6(7)14(8(10)15)9(11,12)13;/h2-4H,1H3;. The van der Waals surface area contributed by atoms with Crippen molar-refractivity contribution in [2.24, 2.45) is 0 Å². The molecule has 1 amide bonds. The summed E-state index contributed by atoms with van der Waals surface area (Å²) in [4.78, 5) is 9.58. The predicted molar refractivity (Wildman–Crippen MR) is 53.4 cm³/mol. The van der Waals surface area contributed by atoms with Crippen LogP contribution in [0.15, 0.2) is 18.2 Å². The molecule has 0 aromatic heterocycles. The zero-order valence-corrected chi connectivity index (χ0v) is 12.4. The number of ether oxygens (including phenoxy) is 1. The Labute approximate surface area is 110 Å². The molecule has 3 radical (unpaired) electrons. The first kappa shape index (κ1) is 14.2. The van der Waals surface area contributed by atoms with Gasteiger partial charge in [0.1, 0.15) is 0 Å². The number of carbonyl (C=O) groups excluding carboxylic acids is 1. The number of nitrogens with zero attached hydrogens (tertiary/aromatic N) is 1. The topological polar surface area (TPSA) is 29.5 Å². The molecule has 0 bridgehead atoms. The number of alkyl halides is 3. The molecule has 0 atom stereocenters. The fourth-order valence-corrected chi connectivity index (χ4v) is 2.52. The minimum absolute atomic E-state index is 0.137. The number of methoxy groups -OCH3 is 1. The normalized spacial score (nSPS) is 11.2. The van der Waals surface area contributed by atoms with E-state index in [9.17, 15) is 22.4 Å². The van der Waals surface area contributed by atoms with Gasteiger partial charge in [0.25, 0.3) is 0 Å². The van der Waals surface area contributed by atoms with E-state index < -0.39 is 23.0 Å². The van der Waals surface area contributed by atoms with Crippen LogP contribution in [-0.4, -0.2) is 45.3 Å². The van der Waals surface area contributed by atoms with E-state index in [4.69, 9.17) is 4.74 Å². The van der Waals surface area contributed by atoms with Crippen LogP contribution in [0.5, 0.6) is 5.75 Å². The SMILES string of the molecule is COc1[c]([Pb])cccc1N(C(=O)F)C(F)(F)F. The second-order valence-electron chi connectivity index (χ2n) is 2.91. The van der Waals surface area contributed by atoms with Crippen molar-refractivity contribution in [1.29, 1.82) is 0 Å². The summed E-state index contributed by atoms with van der Waals surface area (Å²) in [7, 11) is 1.16. The summed E-state index contributed by atoms with van der Waals surface area (Å²) in [6, 6.07) is 3.83. The Hall–Kier alpha value is -0.868. The number of halogens is 4. The number of rotatable bonds is 2. The van der Waals surface area contributed by atoms with Crippen molar-refractivity contribution >= 4 is 40.7 Å². The summed E-state index contributed by atoms with van der Waals surface area (Å²) in [5.41, 5.74) is -0.639. The molecule has 17 heavy (non-hydrogen) atoms. The third-order valence-corrected chi connectivity index (χ3v) is 3.40. The quantitative estimate of drug-likeness (QED) is 0.303. The number of anilines is 1. The van der Waals surface area contributed by atoms with E-state index in [0.29, 0.717) is 28.9 Å². The molecule has 1 aromatic carbocycles. The Morgan fingerprint density at radius 1 is 1.41 bits per heavy atom. The molecule has 0 aliphatic rings. The Kier molecular flexibility index (Phi) is 4.33. The molecule has 0 heterocycles. The monoisotopic (exact) mass is 444 g/mol. The molecule has 8 heteroatoms. The molecule has 0 saturated heterocycles. The molecule has 1 rings (SSSR count). The minimum atomic E-state index is -5.13. The number of carbonyl (C=O) groups is 1. The van der Waals surface area contributed by atoms with Gasteiger partial charge in [-0.3, -0.25) is 0 Å². The average Bonchev–Trinajstić information content (AvgIpc) is 2.15. The second kappa shape index (κ2) is 5.19. The van der Waals surface area contributed by atoms with Crippen molar-refractivity contribution in [3.05, 3.63) is 18.2 Å². The van der Waals surface area contributed by atoms with Crippen LogP contribution >= 0.6 is 0 Å². The Morgan fingerprint density at radius 3 is 2.41 bits per heavy atom. The molecule has 0 spiro atoms. The van der Waals surface area contributed by atoms with Crippen LogP contribution in [0.4, 0.5) is 28.0 Å². The van der Waals surface area contributed by atoms with Crippen molar-refractivity contribution in [3.8, 4) is 5.75 Å². The van der Waals surface area contributed by atoms with E-state index in [1.807, 2.05) is 0 Å². The van der Waals surface area contributed by atoms with Gasteiger partial charge in [-0.15, -0.1) is 0 Å². The average molecular weight is 443 g/mol.